The Morgan fingerprint density at radius 1 is 1.47 bits per heavy atom. The normalized spacial score (nSPS) is 14.3. The number of aliphatic hydroxyl groups is 1. The van der Waals surface area contributed by atoms with Crippen molar-refractivity contribution in [3.63, 3.8) is 0 Å². The fourth-order valence-corrected chi connectivity index (χ4v) is 2.15. The van der Waals surface area contributed by atoms with Crippen LogP contribution < -0.4 is 0 Å². The van der Waals surface area contributed by atoms with Crippen molar-refractivity contribution in [2.24, 2.45) is 0 Å². The number of carbonyl (C=O) groups excluding carboxylic acids is 1. The average Bonchev–Trinajstić information content (AvgIpc) is 2.26. The van der Waals surface area contributed by atoms with Crippen LogP contribution >= 0.6 is 15.9 Å². The van der Waals surface area contributed by atoms with Gasteiger partial charge in [0.1, 0.15) is 6.23 Å². The zero-order valence-electron chi connectivity index (χ0n) is 8.51. The molecule has 0 aliphatic rings. The Balaban J connectivity index is 2.92. The van der Waals surface area contributed by atoms with Crippen molar-refractivity contribution in [1.29, 1.82) is 0 Å². The van der Waals surface area contributed by atoms with E-state index >= 15 is 0 Å². The highest BCUT2D eigenvalue weighted by atomic mass is 79.9. The second-order valence-corrected chi connectivity index (χ2v) is 3.91. The Hall–Kier alpha value is -0.870. The van der Waals surface area contributed by atoms with Gasteiger partial charge in [-0.25, -0.2) is 0 Å². The molecule has 0 aliphatic heterocycles. The number of carbonyl (C=O) groups is 1. The van der Waals surface area contributed by atoms with Crippen LogP contribution in [-0.4, -0.2) is 28.0 Å². The molecule has 1 N–H and O–H groups in total. The molecular formula is C11H14BrNO2. The van der Waals surface area contributed by atoms with E-state index in [1.165, 1.54) is 4.90 Å². The molecule has 0 saturated heterocycles. The molecule has 0 bridgehead atoms. The maximum atomic E-state index is 10.9. The topological polar surface area (TPSA) is 40.5 Å². The highest BCUT2D eigenvalue weighted by molar-refractivity contribution is 9.09. The maximum absolute atomic E-state index is 10.9. The summed E-state index contributed by atoms with van der Waals surface area (Å²) in [4.78, 5) is 12.2. The minimum Gasteiger partial charge on any atom is -0.374 e. The Morgan fingerprint density at radius 3 is 2.47 bits per heavy atom. The third kappa shape index (κ3) is 3.04. The van der Waals surface area contributed by atoms with Crippen LogP contribution in [0, 0.1) is 0 Å². The van der Waals surface area contributed by atoms with Crippen molar-refractivity contribution in [3.05, 3.63) is 35.9 Å². The van der Waals surface area contributed by atoms with Gasteiger partial charge in [0.05, 0.1) is 6.04 Å². The summed E-state index contributed by atoms with van der Waals surface area (Å²) in [6.45, 7) is 1.58. The number of alkyl halides is 1. The number of halogens is 1. The minimum absolute atomic E-state index is 0.135. The van der Waals surface area contributed by atoms with Gasteiger partial charge < -0.3 is 10.0 Å². The number of hydrogen-bond donors (Lipinski definition) is 1. The molecule has 0 spiro atoms. The lowest BCUT2D eigenvalue weighted by molar-refractivity contribution is -0.129. The largest absolute Gasteiger partial charge is 0.374 e. The molecule has 15 heavy (non-hydrogen) atoms. The first-order valence-corrected chi connectivity index (χ1v) is 5.84. The van der Waals surface area contributed by atoms with Crippen LogP contribution in [0.25, 0.3) is 0 Å². The van der Waals surface area contributed by atoms with Gasteiger partial charge >= 0.3 is 0 Å². The fraction of sp³-hybridized carbons (Fsp3) is 0.364. The molecule has 1 aromatic carbocycles. The van der Waals surface area contributed by atoms with E-state index in [1.54, 1.807) is 6.92 Å². The molecule has 2 atom stereocenters. The molecule has 4 heteroatoms. The van der Waals surface area contributed by atoms with E-state index in [-0.39, 0.29) is 6.04 Å². The second kappa shape index (κ2) is 5.88. The Kier molecular flexibility index (Phi) is 4.78. The monoisotopic (exact) mass is 271 g/mol. The standard InChI is InChI=1S/C11H14BrNO2/c1-9(15)13(8-14)11(7-12)10-5-3-2-4-6-10/h2-6,8-9,11,15H,7H2,1H3. The molecule has 2 unspecified atom stereocenters. The van der Waals surface area contributed by atoms with Crippen molar-refractivity contribution in [3.8, 4) is 0 Å². The molecule has 1 rings (SSSR count). The maximum Gasteiger partial charge on any atom is 0.212 e. The summed E-state index contributed by atoms with van der Waals surface area (Å²) >= 11 is 3.35. The Bertz CT molecular complexity index is 303. The third-order valence-electron chi connectivity index (χ3n) is 2.24. The van der Waals surface area contributed by atoms with E-state index in [0.717, 1.165) is 5.56 Å². The van der Waals surface area contributed by atoms with Crippen LogP contribution in [0.3, 0.4) is 0 Å². The van der Waals surface area contributed by atoms with E-state index in [4.69, 9.17) is 0 Å². The number of rotatable bonds is 5. The van der Waals surface area contributed by atoms with Crippen LogP contribution in [0.15, 0.2) is 30.3 Å². The van der Waals surface area contributed by atoms with Crippen molar-refractivity contribution >= 4 is 22.3 Å². The van der Waals surface area contributed by atoms with Crippen molar-refractivity contribution in [1.82, 2.24) is 4.90 Å². The van der Waals surface area contributed by atoms with Crippen LogP contribution in [0.4, 0.5) is 0 Å². The smallest absolute Gasteiger partial charge is 0.212 e. The lowest BCUT2D eigenvalue weighted by Crippen LogP contribution is -2.36. The molecule has 1 amide bonds. The lowest BCUT2D eigenvalue weighted by Gasteiger charge is -2.29. The van der Waals surface area contributed by atoms with Gasteiger partial charge in [-0.3, -0.25) is 4.79 Å². The van der Waals surface area contributed by atoms with Gasteiger partial charge in [-0.1, -0.05) is 46.3 Å². The third-order valence-corrected chi connectivity index (χ3v) is 2.86. The lowest BCUT2D eigenvalue weighted by atomic mass is 10.1. The van der Waals surface area contributed by atoms with Crippen molar-refractivity contribution in [2.75, 3.05) is 5.33 Å². The molecule has 0 aromatic heterocycles. The number of nitrogens with zero attached hydrogens (tertiary/aromatic N) is 1. The Labute approximate surface area is 97.8 Å². The first-order chi connectivity index (χ1) is 7.20. The zero-order valence-corrected chi connectivity index (χ0v) is 10.1. The quantitative estimate of drug-likeness (QED) is 0.505. The van der Waals surface area contributed by atoms with E-state index in [9.17, 15) is 9.90 Å². The van der Waals surface area contributed by atoms with Crippen LogP contribution in [-0.2, 0) is 4.79 Å². The van der Waals surface area contributed by atoms with Gasteiger partial charge in [0.2, 0.25) is 6.41 Å². The number of aliphatic hydroxyl groups excluding tert-OH is 1. The summed E-state index contributed by atoms with van der Waals surface area (Å²) in [5, 5.41) is 10.0. The molecule has 0 radical (unpaired) electrons. The predicted molar refractivity (Wildman–Crippen MR) is 62.6 cm³/mol. The second-order valence-electron chi connectivity index (χ2n) is 3.27. The van der Waals surface area contributed by atoms with Crippen LogP contribution in [0.5, 0.6) is 0 Å². The van der Waals surface area contributed by atoms with Gasteiger partial charge in [0, 0.05) is 5.33 Å². The SMILES string of the molecule is CC(O)N(C=O)C(CBr)c1ccccc1. The van der Waals surface area contributed by atoms with Crippen molar-refractivity contribution in [2.45, 2.75) is 19.2 Å². The van der Waals surface area contributed by atoms with E-state index in [1.807, 2.05) is 30.3 Å². The summed E-state index contributed by atoms with van der Waals surface area (Å²) in [6.07, 6.45) is -0.117. The Morgan fingerprint density at radius 2 is 2.07 bits per heavy atom. The molecule has 1 aromatic rings. The summed E-state index contributed by atoms with van der Waals surface area (Å²) < 4.78 is 0. The van der Waals surface area contributed by atoms with Gasteiger partial charge in [0.25, 0.3) is 0 Å². The summed E-state index contributed by atoms with van der Waals surface area (Å²) in [6, 6.07) is 9.48. The van der Waals surface area contributed by atoms with E-state index in [0.29, 0.717) is 11.7 Å². The molecule has 82 valence electrons. The highest BCUT2D eigenvalue weighted by Crippen LogP contribution is 2.22. The molecule has 0 saturated carbocycles. The number of amides is 1. The highest BCUT2D eigenvalue weighted by Gasteiger charge is 2.20. The molecule has 0 fully saturated rings. The van der Waals surface area contributed by atoms with Gasteiger partial charge in [-0.2, -0.15) is 0 Å². The first kappa shape index (κ1) is 12.2. The van der Waals surface area contributed by atoms with Crippen LogP contribution in [0.1, 0.15) is 18.5 Å². The molecule has 0 heterocycles. The fourth-order valence-electron chi connectivity index (χ4n) is 1.44. The van der Waals surface area contributed by atoms with Gasteiger partial charge in [-0.15, -0.1) is 0 Å². The van der Waals surface area contributed by atoms with E-state index < -0.39 is 6.23 Å². The molecular weight excluding hydrogens is 258 g/mol. The first-order valence-electron chi connectivity index (χ1n) is 4.72. The zero-order chi connectivity index (χ0) is 11.3. The number of hydrogen-bond acceptors (Lipinski definition) is 2. The molecule has 0 aliphatic carbocycles. The average molecular weight is 272 g/mol. The minimum atomic E-state index is -0.787. The van der Waals surface area contributed by atoms with Crippen LogP contribution in [0.2, 0.25) is 0 Å². The molecule has 3 nitrogen and oxygen atoms in total. The summed E-state index contributed by atoms with van der Waals surface area (Å²) in [5.74, 6) is 0. The number of benzene rings is 1. The van der Waals surface area contributed by atoms with Crippen molar-refractivity contribution < 1.29 is 9.90 Å². The van der Waals surface area contributed by atoms with Gasteiger partial charge in [0.15, 0.2) is 0 Å². The summed E-state index contributed by atoms with van der Waals surface area (Å²) in [7, 11) is 0. The summed E-state index contributed by atoms with van der Waals surface area (Å²) in [5.41, 5.74) is 1.00. The van der Waals surface area contributed by atoms with E-state index in [2.05, 4.69) is 15.9 Å². The van der Waals surface area contributed by atoms with Gasteiger partial charge in [-0.05, 0) is 12.5 Å². The predicted octanol–water partition coefficient (Wildman–Crippen LogP) is 1.92.